The third-order valence-corrected chi connectivity index (χ3v) is 6.08. The number of anilines is 2. The van der Waals surface area contributed by atoms with Crippen LogP contribution >= 0.6 is 11.6 Å². The Bertz CT molecular complexity index is 1050. The molecule has 2 N–H and O–H groups in total. The molecule has 0 atom stereocenters. The van der Waals surface area contributed by atoms with Gasteiger partial charge in [-0.3, -0.25) is 4.79 Å². The molecule has 0 aliphatic carbocycles. The summed E-state index contributed by atoms with van der Waals surface area (Å²) in [5.74, 6) is 1.74. The minimum Gasteiger partial charge on any atom is -0.396 e. The van der Waals surface area contributed by atoms with Crippen molar-refractivity contribution in [1.29, 1.82) is 0 Å². The number of halogens is 1. The molecule has 0 saturated carbocycles. The number of hydrogen-bond donors (Lipinski definition) is 2. The predicted molar refractivity (Wildman–Crippen MR) is 122 cm³/mol. The number of fused-ring (bicyclic) bond motifs is 1. The number of benzene rings is 1. The lowest BCUT2D eigenvalue weighted by molar-refractivity contribution is -0.123. The van der Waals surface area contributed by atoms with Gasteiger partial charge in [-0.05, 0) is 37.0 Å². The monoisotopic (exact) mass is 439 g/mol. The second-order valence-corrected chi connectivity index (χ2v) is 8.17. The second-order valence-electron chi connectivity index (χ2n) is 7.76. The fourth-order valence-electron chi connectivity index (χ4n) is 3.97. The maximum absolute atomic E-state index is 12.3. The number of pyridine rings is 1. The van der Waals surface area contributed by atoms with Gasteiger partial charge in [0.1, 0.15) is 11.6 Å². The average Bonchev–Trinajstić information content (AvgIpc) is 2.81. The van der Waals surface area contributed by atoms with E-state index in [-0.39, 0.29) is 18.3 Å². The van der Waals surface area contributed by atoms with E-state index in [1.807, 2.05) is 30.3 Å². The highest BCUT2D eigenvalue weighted by atomic mass is 35.5. The summed E-state index contributed by atoms with van der Waals surface area (Å²) >= 11 is 6.22. The Labute approximate surface area is 186 Å². The third kappa shape index (κ3) is 5.11. The lowest BCUT2D eigenvalue weighted by Crippen LogP contribution is -2.37. The number of aliphatic hydroxyl groups is 1. The first-order chi connectivity index (χ1) is 15.2. The van der Waals surface area contributed by atoms with Crippen LogP contribution < -0.4 is 10.2 Å². The summed E-state index contributed by atoms with van der Waals surface area (Å²) in [6, 6.07) is 9.57. The number of carbonyl (C=O) groups excluding carboxylic acids is 1. The minimum absolute atomic E-state index is 0.0692. The number of rotatable bonds is 8. The van der Waals surface area contributed by atoms with Crippen LogP contribution in [0, 0.1) is 5.92 Å². The molecule has 3 aromatic rings. The molecule has 7 nitrogen and oxygen atoms in total. The van der Waals surface area contributed by atoms with Gasteiger partial charge in [-0.25, -0.2) is 15.0 Å². The first kappa shape index (κ1) is 21.5. The van der Waals surface area contributed by atoms with Gasteiger partial charge in [0.2, 0.25) is 5.95 Å². The standard InChI is InChI=1S/C23H26ClN5O2/c24-19-5-2-1-4-17(19)14-26-23-27-15-18-20(28-23)7-10-25-22(18)29-11-8-16(9-12-29)21(31)6-3-13-30/h1-2,4-5,7,10,15-16,30H,3,6,8-9,11-14H2,(H,26,27,28). The van der Waals surface area contributed by atoms with E-state index in [1.54, 1.807) is 12.4 Å². The molecular weight excluding hydrogens is 414 g/mol. The highest BCUT2D eigenvalue weighted by Crippen LogP contribution is 2.28. The Kier molecular flexibility index (Phi) is 6.94. The van der Waals surface area contributed by atoms with E-state index < -0.39 is 0 Å². The number of ketones is 1. The predicted octanol–water partition coefficient (Wildman–Crippen LogP) is 3.85. The molecule has 0 radical (unpaired) electrons. The molecule has 0 unspecified atom stereocenters. The molecule has 8 heteroatoms. The first-order valence-corrected chi connectivity index (χ1v) is 11.0. The fourth-order valence-corrected chi connectivity index (χ4v) is 4.17. The Morgan fingerprint density at radius 3 is 2.77 bits per heavy atom. The lowest BCUT2D eigenvalue weighted by atomic mass is 9.90. The van der Waals surface area contributed by atoms with Crippen LogP contribution in [0.4, 0.5) is 11.8 Å². The zero-order chi connectivity index (χ0) is 21.6. The Balaban J connectivity index is 1.44. The summed E-state index contributed by atoms with van der Waals surface area (Å²) in [6.45, 7) is 2.16. The largest absolute Gasteiger partial charge is 0.396 e. The van der Waals surface area contributed by atoms with Crippen LogP contribution in [0.15, 0.2) is 42.7 Å². The number of nitrogens with zero attached hydrogens (tertiary/aromatic N) is 4. The summed E-state index contributed by atoms with van der Waals surface area (Å²) in [5.41, 5.74) is 1.81. The Hall–Kier alpha value is -2.77. The van der Waals surface area contributed by atoms with Crippen molar-refractivity contribution in [2.45, 2.75) is 32.2 Å². The molecule has 0 spiro atoms. The van der Waals surface area contributed by atoms with Crippen LogP contribution in [0.1, 0.15) is 31.2 Å². The maximum atomic E-state index is 12.3. The maximum Gasteiger partial charge on any atom is 0.223 e. The molecule has 4 rings (SSSR count). The van der Waals surface area contributed by atoms with E-state index in [0.29, 0.717) is 30.4 Å². The lowest BCUT2D eigenvalue weighted by Gasteiger charge is -2.32. The fraction of sp³-hybridized carbons (Fsp3) is 0.391. The van der Waals surface area contributed by atoms with Crippen molar-refractivity contribution in [3.8, 4) is 0 Å². The van der Waals surface area contributed by atoms with E-state index in [0.717, 1.165) is 48.2 Å². The van der Waals surface area contributed by atoms with Crippen LogP contribution in [0.5, 0.6) is 0 Å². The van der Waals surface area contributed by atoms with Gasteiger partial charge < -0.3 is 15.3 Å². The van der Waals surface area contributed by atoms with Crippen LogP contribution in [-0.4, -0.2) is 45.5 Å². The summed E-state index contributed by atoms with van der Waals surface area (Å²) in [4.78, 5) is 28.2. The SMILES string of the molecule is O=C(CCCO)C1CCN(c2nccc3nc(NCc4ccccc4Cl)ncc23)CC1. The van der Waals surface area contributed by atoms with Crippen LogP contribution in [0.3, 0.4) is 0 Å². The van der Waals surface area contributed by atoms with Crippen LogP contribution in [0.25, 0.3) is 10.9 Å². The first-order valence-electron chi connectivity index (χ1n) is 10.6. The van der Waals surface area contributed by atoms with Gasteiger partial charge in [-0.2, -0.15) is 0 Å². The molecule has 2 aromatic heterocycles. The number of aromatic nitrogens is 3. The Morgan fingerprint density at radius 1 is 1.19 bits per heavy atom. The van der Waals surface area contributed by atoms with Crippen molar-refractivity contribution in [2.24, 2.45) is 5.92 Å². The van der Waals surface area contributed by atoms with E-state index >= 15 is 0 Å². The van der Waals surface area contributed by atoms with Gasteiger partial charge >= 0.3 is 0 Å². The zero-order valence-electron chi connectivity index (χ0n) is 17.3. The van der Waals surface area contributed by atoms with E-state index in [4.69, 9.17) is 16.7 Å². The molecule has 31 heavy (non-hydrogen) atoms. The second kappa shape index (κ2) is 10.0. The third-order valence-electron chi connectivity index (χ3n) is 5.71. The molecule has 162 valence electrons. The van der Waals surface area contributed by atoms with Crippen molar-refractivity contribution in [3.05, 3.63) is 53.3 Å². The molecule has 1 aliphatic rings. The number of Topliss-reactive ketones (excluding diaryl/α,β-unsaturated/α-hetero) is 1. The van der Waals surface area contributed by atoms with E-state index in [2.05, 4.69) is 25.2 Å². The van der Waals surface area contributed by atoms with Crippen LogP contribution in [-0.2, 0) is 11.3 Å². The molecule has 1 saturated heterocycles. The molecular formula is C23H26ClN5O2. The molecule has 1 fully saturated rings. The molecule has 3 heterocycles. The molecule has 0 amide bonds. The summed E-state index contributed by atoms with van der Waals surface area (Å²) in [7, 11) is 0. The van der Waals surface area contributed by atoms with Crippen molar-refractivity contribution >= 4 is 40.1 Å². The topological polar surface area (TPSA) is 91.2 Å². The number of nitrogens with one attached hydrogen (secondary N) is 1. The summed E-state index contributed by atoms with van der Waals surface area (Å²) in [5, 5.41) is 13.8. The molecule has 0 bridgehead atoms. The van der Waals surface area contributed by atoms with Gasteiger partial charge in [0.25, 0.3) is 0 Å². The Morgan fingerprint density at radius 2 is 2.00 bits per heavy atom. The van der Waals surface area contributed by atoms with Crippen molar-refractivity contribution in [3.63, 3.8) is 0 Å². The van der Waals surface area contributed by atoms with Crippen molar-refractivity contribution in [2.75, 3.05) is 29.9 Å². The quantitative estimate of drug-likeness (QED) is 0.550. The van der Waals surface area contributed by atoms with Gasteiger partial charge in [-0.15, -0.1) is 0 Å². The summed E-state index contributed by atoms with van der Waals surface area (Å²) in [6.07, 6.45) is 6.19. The van der Waals surface area contributed by atoms with E-state index in [1.165, 1.54) is 0 Å². The molecule has 1 aromatic carbocycles. The van der Waals surface area contributed by atoms with Crippen molar-refractivity contribution in [1.82, 2.24) is 15.0 Å². The number of carbonyl (C=O) groups is 1. The van der Waals surface area contributed by atoms with Gasteiger partial charge in [0, 0.05) is 56.0 Å². The van der Waals surface area contributed by atoms with E-state index in [9.17, 15) is 4.79 Å². The molecule has 1 aliphatic heterocycles. The number of hydrogen-bond acceptors (Lipinski definition) is 7. The van der Waals surface area contributed by atoms with Gasteiger partial charge in [0.05, 0.1) is 10.9 Å². The van der Waals surface area contributed by atoms with Crippen molar-refractivity contribution < 1.29 is 9.90 Å². The number of piperidine rings is 1. The summed E-state index contributed by atoms with van der Waals surface area (Å²) < 4.78 is 0. The zero-order valence-corrected chi connectivity index (χ0v) is 18.1. The van der Waals surface area contributed by atoms with Gasteiger partial charge in [0.15, 0.2) is 0 Å². The highest BCUT2D eigenvalue weighted by Gasteiger charge is 2.26. The highest BCUT2D eigenvalue weighted by molar-refractivity contribution is 6.31. The normalized spacial score (nSPS) is 14.7. The minimum atomic E-state index is 0.0692. The average molecular weight is 440 g/mol. The van der Waals surface area contributed by atoms with Crippen LogP contribution in [0.2, 0.25) is 5.02 Å². The van der Waals surface area contributed by atoms with Gasteiger partial charge in [-0.1, -0.05) is 29.8 Å². The number of aliphatic hydroxyl groups excluding tert-OH is 1. The smallest absolute Gasteiger partial charge is 0.223 e.